The van der Waals surface area contributed by atoms with Gasteiger partial charge >= 0.3 is 0 Å². The number of phenols is 1. The smallest absolute Gasteiger partial charge is 0.262 e. The number of hydrogen-bond donors (Lipinski definition) is 3. The second kappa shape index (κ2) is 12.3. The van der Waals surface area contributed by atoms with Gasteiger partial charge in [0.05, 0.1) is 6.21 Å². The number of nitrogens with one attached hydrogen (secondary N) is 2. The summed E-state index contributed by atoms with van der Waals surface area (Å²) < 4.78 is 5.62. The quantitative estimate of drug-likeness (QED) is 0.313. The molecule has 3 N–H and O–H groups in total. The number of carbonyl (C=O) groups is 2. The minimum absolute atomic E-state index is 0.179. The van der Waals surface area contributed by atoms with E-state index in [2.05, 4.69) is 15.8 Å². The van der Waals surface area contributed by atoms with E-state index in [4.69, 9.17) is 4.74 Å². The lowest BCUT2D eigenvalue weighted by Crippen LogP contribution is -2.47. The molecule has 0 aliphatic rings. The molecule has 202 valence electrons. The van der Waals surface area contributed by atoms with E-state index in [9.17, 15) is 14.7 Å². The van der Waals surface area contributed by atoms with Crippen molar-refractivity contribution in [2.24, 2.45) is 11.0 Å². The third kappa shape index (κ3) is 8.92. The maximum atomic E-state index is 12.9. The maximum absolute atomic E-state index is 12.9. The predicted molar refractivity (Wildman–Crippen MR) is 149 cm³/mol. The van der Waals surface area contributed by atoms with Crippen molar-refractivity contribution in [2.75, 3.05) is 6.61 Å². The summed E-state index contributed by atoms with van der Waals surface area (Å²) in [5.74, 6) is 0.313. The number of hydrazone groups is 1. The van der Waals surface area contributed by atoms with Gasteiger partial charge in [0.2, 0.25) is 0 Å². The third-order valence-corrected chi connectivity index (χ3v) is 5.95. The van der Waals surface area contributed by atoms with Crippen molar-refractivity contribution >= 4 is 18.0 Å². The van der Waals surface area contributed by atoms with Gasteiger partial charge < -0.3 is 15.2 Å². The normalized spacial score (nSPS) is 13.0. The van der Waals surface area contributed by atoms with Crippen LogP contribution in [0.25, 0.3) is 0 Å². The Hall–Kier alpha value is -3.35. The third-order valence-electron chi connectivity index (χ3n) is 5.95. The van der Waals surface area contributed by atoms with Gasteiger partial charge in [0.1, 0.15) is 17.5 Å². The number of ether oxygens (including phenoxy) is 1. The number of benzene rings is 2. The molecular formula is C30H43N3O4. The molecule has 0 fully saturated rings. The summed E-state index contributed by atoms with van der Waals surface area (Å²) in [4.78, 5) is 25.5. The second-order valence-corrected chi connectivity index (χ2v) is 12.0. The number of para-hydroxylation sites is 1. The van der Waals surface area contributed by atoms with Crippen LogP contribution in [0.1, 0.15) is 84.1 Å². The van der Waals surface area contributed by atoms with Crippen LogP contribution in [0.2, 0.25) is 0 Å². The zero-order valence-corrected chi connectivity index (χ0v) is 23.7. The summed E-state index contributed by atoms with van der Waals surface area (Å²) in [7, 11) is 0. The van der Waals surface area contributed by atoms with E-state index in [1.54, 1.807) is 12.3 Å². The van der Waals surface area contributed by atoms with Crippen LogP contribution < -0.4 is 15.5 Å². The van der Waals surface area contributed by atoms with Crippen molar-refractivity contribution in [3.8, 4) is 11.5 Å². The molecule has 0 heterocycles. The summed E-state index contributed by atoms with van der Waals surface area (Å²) in [6.45, 7) is 17.9. The van der Waals surface area contributed by atoms with Gasteiger partial charge in [-0.1, -0.05) is 73.6 Å². The fraction of sp³-hybridized carbons (Fsp3) is 0.500. The number of aryl methyl sites for hydroxylation is 1. The van der Waals surface area contributed by atoms with E-state index >= 15 is 0 Å². The number of nitrogens with zero attached hydrogens (tertiary/aromatic N) is 1. The molecular weight excluding hydrogens is 466 g/mol. The zero-order valence-electron chi connectivity index (χ0n) is 23.7. The number of aromatic hydroxyl groups is 1. The van der Waals surface area contributed by atoms with Gasteiger partial charge in [0, 0.05) is 11.1 Å². The maximum Gasteiger partial charge on any atom is 0.262 e. The number of phenolic OH excluding ortho intramolecular Hbond substituents is 1. The fourth-order valence-electron chi connectivity index (χ4n) is 3.92. The molecule has 2 rings (SSSR count). The Morgan fingerprint density at radius 2 is 1.59 bits per heavy atom. The van der Waals surface area contributed by atoms with Gasteiger partial charge in [0.25, 0.3) is 11.8 Å². The Bertz CT molecular complexity index is 1090. The molecule has 0 aliphatic heterocycles. The Morgan fingerprint density at radius 1 is 1.03 bits per heavy atom. The highest BCUT2D eigenvalue weighted by Gasteiger charge is 2.26. The summed E-state index contributed by atoms with van der Waals surface area (Å²) in [5.41, 5.74) is 5.34. The van der Waals surface area contributed by atoms with Gasteiger partial charge in [0.15, 0.2) is 6.61 Å². The van der Waals surface area contributed by atoms with Crippen LogP contribution in [0.4, 0.5) is 0 Å². The highest BCUT2D eigenvalue weighted by molar-refractivity contribution is 5.89. The monoisotopic (exact) mass is 509 g/mol. The first-order valence-electron chi connectivity index (χ1n) is 12.8. The standard InChI is InChI=1S/C30H43N3O4/c1-19(2)14-24(32-26(34)18-37-25-13-11-10-12-20(25)3)28(36)33-31-17-21-15-22(29(4,5)6)27(35)23(16-21)30(7,8)9/h10-13,15-17,19,24,35H,14,18H2,1-9H3,(H,32,34)(H,33,36)/b31-17-/t24-/m0/s1. The molecule has 2 amide bonds. The number of carbonyl (C=O) groups excluding carboxylic acids is 2. The van der Waals surface area contributed by atoms with Crippen molar-refractivity contribution in [2.45, 2.75) is 85.6 Å². The van der Waals surface area contributed by atoms with E-state index in [1.165, 1.54) is 0 Å². The van der Waals surface area contributed by atoms with Crippen LogP contribution in [0.3, 0.4) is 0 Å². The van der Waals surface area contributed by atoms with E-state index < -0.39 is 11.9 Å². The van der Waals surface area contributed by atoms with E-state index in [1.807, 2.05) is 92.6 Å². The topological polar surface area (TPSA) is 100 Å². The molecule has 0 saturated heterocycles. The second-order valence-electron chi connectivity index (χ2n) is 12.0. The van der Waals surface area contributed by atoms with Crippen molar-refractivity contribution in [3.05, 3.63) is 58.7 Å². The largest absolute Gasteiger partial charge is 0.507 e. The SMILES string of the molecule is Cc1ccccc1OCC(=O)N[C@@H](CC(C)C)C(=O)N/N=C\c1cc(C(C)(C)C)c(O)c(C(C)(C)C)c1. The number of hydrogen-bond acceptors (Lipinski definition) is 5. The van der Waals surface area contributed by atoms with Crippen molar-refractivity contribution in [3.63, 3.8) is 0 Å². The molecule has 0 aliphatic carbocycles. The fourth-order valence-corrected chi connectivity index (χ4v) is 3.92. The molecule has 0 aromatic heterocycles. The first-order valence-corrected chi connectivity index (χ1v) is 12.8. The molecule has 7 nitrogen and oxygen atoms in total. The summed E-state index contributed by atoms with van der Waals surface area (Å²) in [6, 6.07) is 10.5. The highest BCUT2D eigenvalue weighted by atomic mass is 16.5. The minimum Gasteiger partial charge on any atom is -0.507 e. The summed E-state index contributed by atoms with van der Waals surface area (Å²) >= 11 is 0. The van der Waals surface area contributed by atoms with Crippen LogP contribution in [-0.2, 0) is 20.4 Å². The molecule has 1 atom stereocenters. The number of rotatable bonds is 9. The van der Waals surface area contributed by atoms with Crippen LogP contribution in [-0.4, -0.2) is 35.8 Å². The van der Waals surface area contributed by atoms with E-state index in [-0.39, 0.29) is 35.0 Å². The molecule has 7 heteroatoms. The minimum atomic E-state index is -0.750. The average molecular weight is 510 g/mol. The van der Waals surface area contributed by atoms with Crippen LogP contribution in [0, 0.1) is 12.8 Å². The van der Waals surface area contributed by atoms with Gasteiger partial charge in [-0.15, -0.1) is 0 Å². The molecule has 0 bridgehead atoms. The first-order chi connectivity index (χ1) is 17.1. The Labute approximate surface area is 221 Å². The Balaban J connectivity index is 2.14. The molecule has 37 heavy (non-hydrogen) atoms. The molecule has 0 spiro atoms. The van der Waals surface area contributed by atoms with E-state index in [0.29, 0.717) is 12.2 Å². The van der Waals surface area contributed by atoms with Crippen LogP contribution >= 0.6 is 0 Å². The first kappa shape index (κ1) is 29.9. The molecule has 0 radical (unpaired) electrons. The van der Waals surface area contributed by atoms with E-state index in [0.717, 1.165) is 22.3 Å². The predicted octanol–water partition coefficient (Wildman–Crippen LogP) is 5.36. The van der Waals surface area contributed by atoms with Crippen molar-refractivity contribution < 1.29 is 19.4 Å². The van der Waals surface area contributed by atoms with Gasteiger partial charge in [-0.05, 0) is 59.4 Å². The van der Waals surface area contributed by atoms with Crippen molar-refractivity contribution in [1.82, 2.24) is 10.7 Å². The van der Waals surface area contributed by atoms with Gasteiger partial charge in [-0.25, -0.2) is 5.43 Å². The molecule has 0 unspecified atom stereocenters. The lowest BCUT2D eigenvalue weighted by atomic mass is 9.78. The van der Waals surface area contributed by atoms with Gasteiger partial charge in [-0.3, -0.25) is 9.59 Å². The lowest BCUT2D eigenvalue weighted by Gasteiger charge is -2.27. The van der Waals surface area contributed by atoms with Gasteiger partial charge in [-0.2, -0.15) is 5.10 Å². The zero-order chi connectivity index (χ0) is 28.0. The molecule has 2 aromatic rings. The average Bonchev–Trinajstić information content (AvgIpc) is 2.77. The number of amides is 2. The molecule has 2 aromatic carbocycles. The highest BCUT2D eigenvalue weighted by Crippen LogP contribution is 2.39. The molecule has 0 saturated carbocycles. The summed E-state index contributed by atoms with van der Waals surface area (Å²) in [6.07, 6.45) is 2.02. The summed E-state index contributed by atoms with van der Waals surface area (Å²) in [5, 5.41) is 17.8. The van der Waals surface area contributed by atoms with Crippen LogP contribution in [0.5, 0.6) is 11.5 Å². The lowest BCUT2D eigenvalue weighted by molar-refractivity contribution is -0.130. The Kier molecular flexibility index (Phi) is 9.90. The Morgan fingerprint density at radius 3 is 2.11 bits per heavy atom. The van der Waals surface area contributed by atoms with Crippen LogP contribution in [0.15, 0.2) is 41.5 Å². The van der Waals surface area contributed by atoms with Crippen molar-refractivity contribution in [1.29, 1.82) is 0 Å².